The number of anilines is 1. The van der Waals surface area contributed by atoms with Gasteiger partial charge in [0.15, 0.2) is 0 Å². The van der Waals surface area contributed by atoms with Crippen LogP contribution in [-0.4, -0.2) is 44.4 Å². The van der Waals surface area contributed by atoms with Crippen LogP contribution in [0.2, 0.25) is 0 Å². The lowest BCUT2D eigenvalue weighted by Crippen LogP contribution is -2.48. The van der Waals surface area contributed by atoms with Gasteiger partial charge < -0.3 is 10.2 Å². The van der Waals surface area contributed by atoms with Crippen molar-refractivity contribution in [3.8, 4) is 11.4 Å². The number of halogens is 3. The zero-order chi connectivity index (χ0) is 24.0. The van der Waals surface area contributed by atoms with Gasteiger partial charge in [-0.2, -0.15) is 13.2 Å². The summed E-state index contributed by atoms with van der Waals surface area (Å²) in [5, 5.41) is 3.25. The Kier molecular flexibility index (Phi) is 5.50. The molecule has 2 fully saturated rings. The van der Waals surface area contributed by atoms with Gasteiger partial charge in [0.05, 0.1) is 22.9 Å². The molecule has 3 aromatic rings. The van der Waals surface area contributed by atoms with Crippen molar-refractivity contribution in [2.24, 2.45) is 5.92 Å². The van der Waals surface area contributed by atoms with Crippen LogP contribution in [0.15, 0.2) is 48.8 Å². The van der Waals surface area contributed by atoms with E-state index < -0.39 is 11.7 Å². The molecule has 0 radical (unpaired) electrons. The number of aromatic nitrogens is 3. The van der Waals surface area contributed by atoms with E-state index in [2.05, 4.69) is 20.3 Å². The quantitative estimate of drug-likeness (QED) is 0.592. The number of likely N-dealkylation sites (tertiary alicyclic amines) is 1. The third kappa shape index (κ3) is 4.10. The molecule has 1 amide bonds. The molecule has 1 saturated heterocycles. The van der Waals surface area contributed by atoms with Crippen LogP contribution in [0.4, 0.5) is 19.0 Å². The van der Waals surface area contributed by atoms with Crippen LogP contribution in [0.5, 0.6) is 0 Å². The van der Waals surface area contributed by atoms with Crippen LogP contribution in [0, 0.1) is 19.8 Å². The SMILES string of the molecule is Cc1ccc(C(=O)N2C[C@H]3C[C@@H](Nc4ccc(C(F)(F)F)cn4)[C@@H]2C3)c(-c2ncccc2C)n1. The topological polar surface area (TPSA) is 71.0 Å². The largest absolute Gasteiger partial charge is 0.417 e. The highest BCUT2D eigenvalue weighted by molar-refractivity contribution is 6.00. The molecule has 1 N–H and O–H groups in total. The van der Waals surface area contributed by atoms with Crippen molar-refractivity contribution in [1.82, 2.24) is 19.9 Å². The molecule has 5 rings (SSSR count). The lowest BCUT2D eigenvalue weighted by atomic mass is 10.0. The number of fused-ring (bicyclic) bond motifs is 2. The molecule has 2 bridgehead atoms. The number of nitrogens with one attached hydrogen (secondary N) is 1. The molecule has 176 valence electrons. The summed E-state index contributed by atoms with van der Waals surface area (Å²) in [7, 11) is 0. The number of carbonyl (C=O) groups is 1. The van der Waals surface area contributed by atoms with E-state index in [1.807, 2.05) is 36.9 Å². The molecule has 1 aliphatic carbocycles. The summed E-state index contributed by atoms with van der Waals surface area (Å²) in [5.74, 6) is 0.603. The average molecular weight is 467 g/mol. The maximum Gasteiger partial charge on any atom is 0.417 e. The third-order valence-corrected chi connectivity index (χ3v) is 6.67. The predicted molar refractivity (Wildman–Crippen MR) is 121 cm³/mol. The minimum absolute atomic E-state index is 0.0689. The average Bonchev–Trinajstić information content (AvgIpc) is 3.39. The van der Waals surface area contributed by atoms with Gasteiger partial charge >= 0.3 is 6.18 Å². The summed E-state index contributed by atoms with van der Waals surface area (Å²) in [6.45, 7) is 4.47. The second-order valence-corrected chi connectivity index (χ2v) is 9.06. The zero-order valence-electron chi connectivity index (χ0n) is 18.8. The second kappa shape index (κ2) is 8.38. The number of amides is 1. The van der Waals surface area contributed by atoms with Gasteiger partial charge in [-0.1, -0.05) is 6.07 Å². The maximum absolute atomic E-state index is 13.7. The first-order chi connectivity index (χ1) is 16.2. The molecule has 4 heterocycles. The number of alkyl halides is 3. The summed E-state index contributed by atoms with van der Waals surface area (Å²) in [4.78, 5) is 28.6. The molecule has 1 saturated carbocycles. The van der Waals surface area contributed by atoms with Gasteiger partial charge in [-0.05, 0) is 68.5 Å². The highest BCUT2D eigenvalue weighted by atomic mass is 19.4. The van der Waals surface area contributed by atoms with Crippen molar-refractivity contribution in [3.05, 3.63) is 71.2 Å². The monoisotopic (exact) mass is 467 g/mol. The smallest absolute Gasteiger partial charge is 0.365 e. The molecule has 3 atom stereocenters. The predicted octanol–water partition coefficient (Wildman–Crippen LogP) is 4.89. The summed E-state index contributed by atoms with van der Waals surface area (Å²) in [5.41, 5.74) is 2.71. The Bertz CT molecular complexity index is 1230. The molecule has 3 aromatic heterocycles. The fourth-order valence-corrected chi connectivity index (χ4v) is 5.05. The molecule has 34 heavy (non-hydrogen) atoms. The number of aryl methyl sites for hydroxylation is 2. The van der Waals surface area contributed by atoms with E-state index in [0.29, 0.717) is 35.2 Å². The molecular weight excluding hydrogens is 443 g/mol. The first kappa shape index (κ1) is 22.3. The maximum atomic E-state index is 13.7. The number of hydrogen-bond acceptors (Lipinski definition) is 5. The van der Waals surface area contributed by atoms with Crippen molar-refractivity contribution in [2.45, 2.75) is 44.9 Å². The molecule has 0 unspecified atom stereocenters. The summed E-state index contributed by atoms with van der Waals surface area (Å²) >= 11 is 0. The first-order valence-electron chi connectivity index (χ1n) is 11.2. The van der Waals surface area contributed by atoms with E-state index in [1.165, 1.54) is 6.07 Å². The number of nitrogens with zero attached hydrogens (tertiary/aromatic N) is 4. The molecule has 0 aromatic carbocycles. The molecule has 1 aliphatic heterocycles. The number of carbonyl (C=O) groups excluding carboxylic acids is 1. The van der Waals surface area contributed by atoms with Crippen molar-refractivity contribution in [3.63, 3.8) is 0 Å². The Morgan fingerprint density at radius 3 is 2.56 bits per heavy atom. The van der Waals surface area contributed by atoms with Crippen LogP contribution in [0.3, 0.4) is 0 Å². The number of hydrogen-bond donors (Lipinski definition) is 1. The Morgan fingerprint density at radius 2 is 1.88 bits per heavy atom. The highest BCUT2D eigenvalue weighted by Crippen LogP contribution is 2.40. The number of piperidine rings is 1. The molecule has 9 heteroatoms. The highest BCUT2D eigenvalue weighted by Gasteiger charge is 2.47. The Labute approximate surface area is 195 Å². The van der Waals surface area contributed by atoms with E-state index >= 15 is 0 Å². The second-order valence-electron chi connectivity index (χ2n) is 9.06. The normalized spacial score (nSPS) is 21.7. The van der Waals surface area contributed by atoms with Crippen molar-refractivity contribution < 1.29 is 18.0 Å². The number of pyridine rings is 3. The van der Waals surface area contributed by atoms with E-state index in [9.17, 15) is 18.0 Å². The van der Waals surface area contributed by atoms with Gasteiger partial charge in [0.25, 0.3) is 5.91 Å². The van der Waals surface area contributed by atoms with Gasteiger partial charge in [-0.15, -0.1) is 0 Å². The van der Waals surface area contributed by atoms with Crippen molar-refractivity contribution in [1.29, 1.82) is 0 Å². The Hall–Kier alpha value is -3.49. The molecule has 6 nitrogen and oxygen atoms in total. The van der Waals surface area contributed by atoms with Crippen LogP contribution < -0.4 is 5.32 Å². The lowest BCUT2D eigenvalue weighted by Gasteiger charge is -2.34. The van der Waals surface area contributed by atoms with E-state index in [-0.39, 0.29) is 18.0 Å². The van der Waals surface area contributed by atoms with Gasteiger partial charge in [-0.3, -0.25) is 14.8 Å². The Morgan fingerprint density at radius 1 is 1.06 bits per heavy atom. The van der Waals surface area contributed by atoms with Crippen LogP contribution in [0.25, 0.3) is 11.4 Å². The lowest BCUT2D eigenvalue weighted by molar-refractivity contribution is -0.137. The minimum atomic E-state index is -4.42. The fraction of sp³-hybridized carbons (Fsp3) is 0.360. The van der Waals surface area contributed by atoms with E-state index in [0.717, 1.165) is 36.4 Å². The standard InChI is InChI=1S/C25H24F3N5O/c1-14-4-3-9-29-22(14)23-18(7-5-15(2)31-23)24(34)33-13-16-10-19(20(33)11-16)32-21-8-6-17(12-30-21)25(26,27)28/h3-9,12,16,19-20H,10-11,13H2,1-2H3,(H,30,32)/t16-,19+,20-/m0/s1. The van der Waals surface area contributed by atoms with Gasteiger partial charge in [0.1, 0.15) is 11.5 Å². The summed E-state index contributed by atoms with van der Waals surface area (Å²) in [6, 6.07) is 9.63. The van der Waals surface area contributed by atoms with E-state index in [4.69, 9.17) is 0 Å². The summed E-state index contributed by atoms with van der Waals surface area (Å²) in [6.07, 6.45) is -0.211. The Balaban J connectivity index is 1.39. The summed E-state index contributed by atoms with van der Waals surface area (Å²) < 4.78 is 38.5. The van der Waals surface area contributed by atoms with Crippen LogP contribution in [-0.2, 0) is 6.18 Å². The first-order valence-corrected chi connectivity index (χ1v) is 11.2. The van der Waals surface area contributed by atoms with Gasteiger partial charge in [0, 0.05) is 30.7 Å². The van der Waals surface area contributed by atoms with Crippen molar-refractivity contribution >= 4 is 11.7 Å². The van der Waals surface area contributed by atoms with Crippen LogP contribution in [0.1, 0.15) is 40.0 Å². The third-order valence-electron chi connectivity index (χ3n) is 6.67. The van der Waals surface area contributed by atoms with Crippen LogP contribution >= 0.6 is 0 Å². The zero-order valence-corrected chi connectivity index (χ0v) is 18.8. The molecule has 2 aliphatic rings. The molecule has 0 spiro atoms. The van der Waals surface area contributed by atoms with Gasteiger partial charge in [-0.25, -0.2) is 4.98 Å². The van der Waals surface area contributed by atoms with Gasteiger partial charge in [0.2, 0.25) is 0 Å². The van der Waals surface area contributed by atoms with E-state index in [1.54, 1.807) is 12.3 Å². The fourth-order valence-electron chi connectivity index (χ4n) is 5.05. The minimum Gasteiger partial charge on any atom is -0.365 e. The van der Waals surface area contributed by atoms with Crippen molar-refractivity contribution in [2.75, 3.05) is 11.9 Å². The number of rotatable bonds is 4. The molecular formula is C25H24F3N5O.